The van der Waals surface area contributed by atoms with Crippen LogP contribution in [0.25, 0.3) is 0 Å². The molecule has 3 saturated heterocycles. The first-order valence-electron chi connectivity index (χ1n) is 8.41. The van der Waals surface area contributed by atoms with E-state index in [0.717, 1.165) is 39.3 Å². The zero-order chi connectivity index (χ0) is 19.8. The highest BCUT2D eigenvalue weighted by Gasteiger charge is 2.43. The molecule has 9 nitrogen and oxygen atoms in total. The average molecular weight is 440 g/mol. The molecule has 0 bridgehead atoms. The minimum atomic E-state index is -4.38. The number of hydrogen-bond acceptors (Lipinski definition) is 7. The largest absolute Gasteiger partial charge is 0.469 e. The second-order valence-corrected chi connectivity index (χ2v) is 8.58. The van der Waals surface area contributed by atoms with E-state index in [2.05, 4.69) is 4.52 Å². The van der Waals surface area contributed by atoms with Crippen LogP contribution in [0.1, 0.15) is 0 Å². The number of halogens is 2. The Morgan fingerprint density at radius 1 is 1.04 bits per heavy atom. The highest BCUT2D eigenvalue weighted by Crippen LogP contribution is 2.36. The molecule has 0 radical (unpaired) electrons. The van der Waals surface area contributed by atoms with Crippen LogP contribution < -0.4 is 0 Å². The molecule has 4 rings (SSSR count). The van der Waals surface area contributed by atoms with Crippen molar-refractivity contribution in [3.05, 3.63) is 23.2 Å². The van der Waals surface area contributed by atoms with E-state index in [4.69, 9.17) is 33.0 Å². The van der Waals surface area contributed by atoms with Gasteiger partial charge in [-0.25, -0.2) is 4.57 Å². The quantitative estimate of drug-likeness (QED) is 0.247. The number of alkyl halides is 2. The van der Waals surface area contributed by atoms with E-state index in [1.54, 1.807) is 0 Å². The van der Waals surface area contributed by atoms with Crippen LogP contribution in [0.2, 0.25) is 0 Å². The van der Waals surface area contributed by atoms with Gasteiger partial charge in [-0.3, -0.25) is 14.1 Å². The molecule has 0 aromatic carbocycles. The van der Waals surface area contributed by atoms with Gasteiger partial charge in [-0.2, -0.15) is 0 Å². The number of carbonyl (C=O) groups excluding carboxylic acids is 2. The predicted molar refractivity (Wildman–Crippen MR) is 98.2 cm³/mol. The highest BCUT2D eigenvalue weighted by molar-refractivity contribution is 7.46. The van der Waals surface area contributed by atoms with E-state index in [0.29, 0.717) is 17.1 Å². The van der Waals surface area contributed by atoms with Crippen molar-refractivity contribution in [3.63, 3.8) is 0 Å². The van der Waals surface area contributed by atoms with Gasteiger partial charge >= 0.3 is 7.82 Å². The summed E-state index contributed by atoms with van der Waals surface area (Å²) in [6.07, 6.45) is 1.52. The van der Waals surface area contributed by atoms with E-state index in [9.17, 15) is 14.2 Å². The van der Waals surface area contributed by atoms with Gasteiger partial charge in [-0.1, -0.05) is 0 Å². The number of hydrogen-bond donors (Lipinski definition) is 2. The van der Waals surface area contributed by atoms with Crippen LogP contribution in [0.3, 0.4) is 0 Å². The maximum Gasteiger partial charge on any atom is 0.469 e. The third-order valence-corrected chi connectivity index (χ3v) is 5.38. The van der Waals surface area contributed by atoms with Crippen molar-refractivity contribution in [2.24, 2.45) is 0 Å². The minimum absolute atomic E-state index is 0.00546. The molecule has 2 N–H and O–H groups in total. The summed E-state index contributed by atoms with van der Waals surface area (Å²) in [5.74, 6) is 0.147. The second-order valence-electron chi connectivity index (χ2n) is 6.42. The van der Waals surface area contributed by atoms with Gasteiger partial charge in [0.15, 0.2) is 0 Å². The Labute approximate surface area is 166 Å². The van der Waals surface area contributed by atoms with Crippen LogP contribution >= 0.6 is 31.0 Å². The van der Waals surface area contributed by atoms with E-state index in [-0.39, 0.29) is 24.1 Å². The van der Waals surface area contributed by atoms with Gasteiger partial charge in [-0.05, 0) is 0 Å². The fraction of sp³-hybridized carbons (Fsp3) is 0.600. The molecule has 1 unspecified atom stereocenters. The number of rotatable bonds is 7. The lowest BCUT2D eigenvalue weighted by Crippen LogP contribution is -2.29. The molecule has 0 spiro atoms. The van der Waals surface area contributed by atoms with Crippen LogP contribution in [0.4, 0.5) is 0 Å². The van der Waals surface area contributed by atoms with Crippen molar-refractivity contribution in [1.29, 1.82) is 0 Å². The molecular formula is C15H20Cl2N3O6P. The molecular weight excluding hydrogens is 420 g/mol. The Hall–Kier alpha value is -1.09. The Morgan fingerprint density at radius 2 is 1.56 bits per heavy atom. The highest BCUT2D eigenvalue weighted by atomic mass is 35.5. The third kappa shape index (κ3) is 5.70. The molecule has 0 amide bonds. The Kier molecular flexibility index (Phi) is 6.20. The molecule has 0 aromatic rings. The number of ketones is 2. The summed E-state index contributed by atoms with van der Waals surface area (Å²) in [7, 11) is -4.38. The van der Waals surface area contributed by atoms with Crippen LogP contribution in [0, 0.1) is 0 Å². The van der Waals surface area contributed by atoms with E-state index in [1.807, 2.05) is 14.7 Å². The zero-order valence-corrected chi connectivity index (χ0v) is 16.8. The van der Waals surface area contributed by atoms with E-state index >= 15 is 0 Å². The van der Waals surface area contributed by atoms with E-state index < -0.39 is 13.2 Å². The summed E-state index contributed by atoms with van der Waals surface area (Å²) in [6, 6.07) is 0. The number of phosphoric ester groups is 1. The standard InChI is InChI=1S/C12H13N3O2.C3H7Cl2O4P/c16-9-7-8(13-1-2-13)12(17)11(15-5-6-15)10(9)14-3-4-14;4-1-3(5)2-9-10(6,7)8/h7H,1-6H2;3H,1-2H2,(H2,6,7,8). The SMILES string of the molecule is O=C1C=C(N2CC2)C(=O)C(N2CC2)=C1N1CC1.O=P(O)(O)OCC(Cl)CCl. The molecule has 3 fully saturated rings. The minimum Gasteiger partial charge on any atom is -0.365 e. The average Bonchev–Trinajstić information content (AvgIpc) is 3.47. The van der Waals surface area contributed by atoms with Gasteiger partial charge in [0.05, 0.1) is 17.7 Å². The van der Waals surface area contributed by atoms with E-state index in [1.165, 1.54) is 6.08 Å². The molecule has 4 aliphatic rings. The summed E-state index contributed by atoms with van der Waals surface area (Å²) in [5, 5.41) is -0.561. The van der Waals surface area contributed by atoms with Gasteiger partial charge in [0.1, 0.15) is 11.4 Å². The van der Waals surface area contributed by atoms with Crippen molar-refractivity contribution in [2.75, 3.05) is 51.8 Å². The maximum absolute atomic E-state index is 12.4. The topological polar surface area (TPSA) is 110 Å². The number of nitrogens with zero attached hydrogens (tertiary/aromatic N) is 3. The number of allylic oxidation sites excluding steroid dienone is 1. The first-order valence-corrected chi connectivity index (χ1v) is 10.9. The van der Waals surface area contributed by atoms with Crippen molar-refractivity contribution in [1.82, 2.24) is 14.7 Å². The number of carbonyl (C=O) groups is 2. The monoisotopic (exact) mass is 439 g/mol. The first-order chi connectivity index (χ1) is 12.7. The van der Waals surface area contributed by atoms with Crippen LogP contribution in [-0.4, -0.2) is 93.2 Å². The van der Waals surface area contributed by atoms with Crippen molar-refractivity contribution < 1.29 is 28.5 Å². The maximum atomic E-state index is 12.4. The number of Topliss-reactive ketones (excluding diaryl/α,β-unsaturated/α-hetero) is 1. The summed E-state index contributed by atoms with van der Waals surface area (Å²) in [4.78, 5) is 46.8. The molecule has 150 valence electrons. The summed E-state index contributed by atoms with van der Waals surface area (Å²) >= 11 is 10.6. The molecule has 3 aliphatic heterocycles. The first kappa shape index (κ1) is 20.6. The van der Waals surface area contributed by atoms with Gasteiger partial charge in [0, 0.05) is 51.2 Å². The molecule has 27 heavy (non-hydrogen) atoms. The van der Waals surface area contributed by atoms with Crippen LogP contribution in [0.5, 0.6) is 0 Å². The summed E-state index contributed by atoms with van der Waals surface area (Å²) in [5.41, 5.74) is 1.89. The van der Waals surface area contributed by atoms with Crippen LogP contribution in [0.15, 0.2) is 23.2 Å². The molecule has 1 atom stereocenters. The van der Waals surface area contributed by atoms with Crippen molar-refractivity contribution in [3.8, 4) is 0 Å². The van der Waals surface area contributed by atoms with Crippen LogP contribution in [-0.2, 0) is 18.7 Å². The van der Waals surface area contributed by atoms with Gasteiger partial charge < -0.3 is 24.5 Å². The second kappa shape index (κ2) is 8.11. The van der Waals surface area contributed by atoms with Gasteiger partial charge in [-0.15, -0.1) is 23.2 Å². The molecule has 0 saturated carbocycles. The third-order valence-electron chi connectivity index (χ3n) is 4.08. The lowest BCUT2D eigenvalue weighted by Gasteiger charge is -2.21. The smallest absolute Gasteiger partial charge is 0.365 e. The lowest BCUT2D eigenvalue weighted by molar-refractivity contribution is -0.117. The Bertz CT molecular complexity index is 740. The predicted octanol–water partition coefficient (Wildman–Crippen LogP) is 0.122. The summed E-state index contributed by atoms with van der Waals surface area (Å²) in [6.45, 7) is 5.17. The van der Waals surface area contributed by atoms with Crippen molar-refractivity contribution in [2.45, 2.75) is 5.38 Å². The zero-order valence-electron chi connectivity index (χ0n) is 14.4. The molecule has 1 aliphatic carbocycles. The number of phosphoric acid groups is 1. The van der Waals surface area contributed by atoms with Gasteiger partial charge in [0.25, 0.3) is 0 Å². The van der Waals surface area contributed by atoms with Gasteiger partial charge in [0.2, 0.25) is 11.6 Å². The fourth-order valence-electron chi connectivity index (χ4n) is 2.50. The fourth-order valence-corrected chi connectivity index (χ4v) is 3.11. The molecule has 3 heterocycles. The Morgan fingerprint density at radius 3 is 2.00 bits per heavy atom. The molecule has 12 heteroatoms. The molecule has 0 aromatic heterocycles. The van der Waals surface area contributed by atoms with Crippen molar-refractivity contribution >= 4 is 42.6 Å². The normalized spacial score (nSPS) is 22.4. The summed E-state index contributed by atoms with van der Waals surface area (Å²) < 4.78 is 14.1. The Balaban J connectivity index is 0.000000183. The lowest BCUT2D eigenvalue weighted by atomic mass is 10.0.